The Hall–Kier alpha value is -1.56. The maximum Gasteiger partial charge on any atom is -0.00929 e. The second-order valence-corrected chi connectivity index (χ2v) is 7.52. The molecule has 0 aliphatic rings. The van der Waals surface area contributed by atoms with E-state index in [9.17, 15) is 0 Å². The number of hydrogen-bond acceptors (Lipinski definition) is 0. The Morgan fingerprint density at radius 1 is 0.864 bits per heavy atom. The average Bonchev–Trinajstić information content (AvgIpc) is 2.52. The van der Waals surface area contributed by atoms with Gasteiger partial charge in [-0.15, -0.1) is 0 Å². The van der Waals surface area contributed by atoms with Gasteiger partial charge in [-0.25, -0.2) is 0 Å². The predicted molar refractivity (Wildman–Crippen MR) is 97.5 cm³/mol. The molecule has 22 heavy (non-hydrogen) atoms. The fourth-order valence-electron chi connectivity index (χ4n) is 3.27. The van der Waals surface area contributed by atoms with Crippen LogP contribution in [0.4, 0.5) is 0 Å². The molecule has 0 aliphatic heterocycles. The molecule has 0 saturated carbocycles. The van der Waals surface area contributed by atoms with Crippen molar-refractivity contribution in [3.8, 4) is 0 Å². The molecule has 0 heterocycles. The topological polar surface area (TPSA) is 0 Å². The van der Waals surface area contributed by atoms with Crippen molar-refractivity contribution in [3.05, 3.63) is 71.3 Å². The molecule has 118 valence electrons. The highest BCUT2D eigenvalue weighted by atomic mass is 14.3. The van der Waals surface area contributed by atoms with E-state index in [0.717, 1.165) is 6.42 Å². The predicted octanol–water partition coefficient (Wildman–Crippen LogP) is 6.36. The Kier molecular flexibility index (Phi) is 5.45. The van der Waals surface area contributed by atoms with Crippen LogP contribution in [0.5, 0.6) is 0 Å². The van der Waals surface area contributed by atoms with E-state index in [-0.39, 0.29) is 5.41 Å². The van der Waals surface area contributed by atoms with Crippen LogP contribution >= 0.6 is 0 Å². The van der Waals surface area contributed by atoms with Crippen LogP contribution < -0.4 is 0 Å². The maximum absolute atomic E-state index is 2.40. The van der Waals surface area contributed by atoms with Crippen LogP contribution in [0.15, 0.2) is 54.6 Å². The van der Waals surface area contributed by atoms with Crippen molar-refractivity contribution < 1.29 is 0 Å². The summed E-state index contributed by atoms with van der Waals surface area (Å²) < 4.78 is 0. The first-order chi connectivity index (χ1) is 10.4. The highest BCUT2D eigenvalue weighted by Gasteiger charge is 2.25. The van der Waals surface area contributed by atoms with E-state index in [0.29, 0.717) is 11.8 Å². The zero-order valence-corrected chi connectivity index (χ0v) is 14.8. The van der Waals surface area contributed by atoms with Crippen molar-refractivity contribution in [2.75, 3.05) is 0 Å². The third-order valence-electron chi connectivity index (χ3n) is 4.80. The minimum Gasteiger partial charge on any atom is -0.0651 e. The van der Waals surface area contributed by atoms with Gasteiger partial charge in [-0.3, -0.25) is 0 Å². The zero-order valence-electron chi connectivity index (χ0n) is 14.8. The molecule has 2 aromatic carbocycles. The summed E-state index contributed by atoms with van der Waals surface area (Å²) in [6.45, 7) is 11.7. The van der Waals surface area contributed by atoms with E-state index in [4.69, 9.17) is 0 Å². The summed E-state index contributed by atoms with van der Waals surface area (Å²) >= 11 is 0. The summed E-state index contributed by atoms with van der Waals surface area (Å²) in [5.41, 5.74) is 4.67. The normalized spacial score (nSPS) is 14.6. The molecule has 2 atom stereocenters. The lowest BCUT2D eigenvalue weighted by atomic mass is 9.74. The van der Waals surface area contributed by atoms with Crippen molar-refractivity contribution in [1.29, 1.82) is 0 Å². The fourth-order valence-corrected chi connectivity index (χ4v) is 3.27. The lowest BCUT2D eigenvalue weighted by Crippen LogP contribution is -2.20. The van der Waals surface area contributed by atoms with Crippen molar-refractivity contribution in [2.24, 2.45) is 5.92 Å². The van der Waals surface area contributed by atoms with Crippen LogP contribution in [0.3, 0.4) is 0 Å². The van der Waals surface area contributed by atoms with Gasteiger partial charge in [-0.1, -0.05) is 95.6 Å². The molecule has 0 amide bonds. The molecule has 2 unspecified atom stereocenters. The minimum absolute atomic E-state index is 0.193. The summed E-state index contributed by atoms with van der Waals surface area (Å²) in [5.74, 6) is 1.27. The van der Waals surface area contributed by atoms with E-state index in [1.54, 1.807) is 0 Å². The lowest BCUT2D eigenvalue weighted by Gasteiger charge is -2.31. The Morgan fingerprint density at radius 2 is 1.45 bits per heavy atom. The van der Waals surface area contributed by atoms with Gasteiger partial charge in [0.2, 0.25) is 0 Å². The quantitative estimate of drug-likeness (QED) is 0.602. The molecule has 0 nitrogen and oxygen atoms in total. The summed E-state index contributed by atoms with van der Waals surface area (Å²) in [5, 5.41) is 0. The molecule has 0 N–H and O–H groups in total. The SMILES string of the molecule is CCC(C)C(Cc1ccccc1)c1ccccc1C(C)(C)C. The van der Waals surface area contributed by atoms with Crippen LogP contribution in [-0.4, -0.2) is 0 Å². The van der Waals surface area contributed by atoms with Crippen LogP contribution in [0, 0.1) is 5.92 Å². The number of hydrogen-bond donors (Lipinski definition) is 0. The molecule has 0 aromatic heterocycles. The largest absolute Gasteiger partial charge is 0.0651 e. The molecule has 0 saturated heterocycles. The molecular weight excluding hydrogens is 264 g/mol. The molecule has 0 radical (unpaired) electrons. The Bertz CT molecular complexity index is 574. The average molecular weight is 294 g/mol. The van der Waals surface area contributed by atoms with Crippen LogP contribution in [-0.2, 0) is 11.8 Å². The Labute approximate surface area is 136 Å². The van der Waals surface area contributed by atoms with Crippen molar-refractivity contribution in [1.82, 2.24) is 0 Å². The monoisotopic (exact) mass is 294 g/mol. The van der Waals surface area contributed by atoms with Gasteiger partial charge in [0.25, 0.3) is 0 Å². The molecule has 2 rings (SSSR count). The summed E-state index contributed by atoms with van der Waals surface area (Å²) in [4.78, 5) is 0. The van der Waals surface area contributed by atoms with E-state index in [1.165, 1.54) is 23.1 Å². The van der Waals surface area contributed by atoms with E-state index in [1.807, 2.05) is 0 Å². The number of benzene rings is 2. The first kappa shape index (κ1) is 16.8. The van der Waals surface area contributed by atoms with Crippen LogP contribution in [0.25, 0.3) is 0 Å². The second-order valence-electron chi connectivity index (χ2n) is 7.52. The van der Waals surface area contributed by atoms with Gasteiger partial charge in [0.1, 0.15) is 0 Å². The minimum atomic E-state index is 0.193. The summed E-state index contributed by atoms with van der Waals surface area (Å²) in [6, 6.07) is 20.0. The maximum atomic E-state index is 2.40. The van der Waals surface area contributed by atoms with Crippen LogP contribution in [0.2, 0.25) is 0 Å². The highest BCUT2D eigenvalue weighted by molar-refractivity contribution is 5.37. The third-order valence-corrected chi connectivity index (χ3v) is 4.80. The van der Waals surface area contributed by atoms with E-state index in [2.05, 4.69) is 89.2 Å². The van der Waals surface area contributed by atoms with Crippen molar-refractivity contribution in [2.45, 2.75) is 58.8 Å². The van der Waals surface area contributed by atoms with Gasteiger partial charge in [0, 0.05) is 0 Å². The lowest BCUT2D eigenvalue weighted by molar-refractivity contribution is 0.433. The van der Waals surface area contributed by atoms with Crippen LogP contribution in [0.1, 0.15) is 63.6 Å². The second kappa shape index (κ2) is 7.13. The van der Waals surface area contributed by atoms with E-state index >= 15 is 0 Å². The molecular formula is C22H30. The molecule has 2 aromatic rings. The molecule has 0 fully saturated rings. The third kappa shape index (κ3) is 4.00. The van der Waals surface area contributed by atoms with E-state index < -0.39 is 0 Å². The zero-order chi connectivity index (χ0) is 16.2. The molecule has 0 aliphatic carbocycles. The summed E-state index contributed by atoms with van der Waals surface area (Å²) in [7, 11) is 0. The van der Waals surface area contributed by atoms with Gasteiger partial charge < -0.3 is 0 Å². The highest BCUT2D eigenvalue weighted by Crippen LogP contribution is 2.37. The summed E-state index contributed by atoms with van der Waals surface area (Å²) in [6.07, 6.45) is 2.35. The van der Waals surface area contributed by atoms with Gasteiger partial charge >= 0.3 is 0 Å². The first-order valence-corrected chi connectivity index (χ1v) is 8.56. The van der Waals surface area contributed by atoms with Gasteiger partial charge in [0.15, 0.2) is 0 Å². The number of rotatable bonds is 5. The van der Waals surface area contributed by atoms with Gasteiger partial charge in [-0.2, -0.15) is 0 Å². The van der Waals surface area contributed by atoms with Crippen molar-refractivity contribution in [3.63, 3.8) is 0 Å². The molecule has 0 bridgehead atoms. The smallest absolute Gasteiger partial charge is 0.00929 e. The van der Waals surface area contributed by atoms with Gasteiger partial charge in [0.05, 0.1) is 0 Å². The van der Waals surface area contributed by atoms with Gasteiger partial charge in [-0.05, 0) is 40.4 Å². The molecule has 0 spiro atoms. The Balaban J connectivity index is 2.42. The van der Waals surface area contributed by atoms with Crippen molar-refractivity contribution >= 4 is 0 Å². The fraction of sp³-hybridized carbons (Fsp3) is 0.455. The standard InChI is InChI=1S/C22H30/c1-6-17(2)20(16-18-12-8-7-9-13-18)19-14-10-11-15-21(19)22(3,4)5/h7-15,17,20H,6,16H2,1-5H3. The Morgan fingerprint density at radius 3 is 2.05 bits per heavy atom. The molecule has 0 heteroatoms. The first-order valence-electron chi connectivity index (χ1n) is 8.56.